The Bertz CT molecular complexity index is 527. The minimum Gasteiger partial charge on any atom is -0.465 e. The van der Waals surface area contributed by atoms with Crippen LogP contribution in [0, 0.1) is 0 Å². The van der Waals surface area contributed by atoms with Gasteiger partial charge in [0.05, 0.1) is 7.11 Å². The van der Waals surface area contributed by atoms with Gasteiger partial charge in [0, 0.05) is 19.2 Å². The van der Waals surface area contributed by atoms with Gasteiger partial charge >= 0.3 is 5.97 Å². The van der Waals surface area contributed by atoms with E-state index in [-0.39, 0.29) is 0 Å². The SMILES string of the molecule is COC(=O)c1cccnc1NCCCc1ncn[nH]1. The average Bonchev–Trinajstić information content (AvgIpc) is 2.96. The number of rotatable bonds is 6. The monoisotopic (exact) mass is 261 g/mol. The summed E-state index contributed by atoms with van der Waals surface area (Å²) in [6.07, 6.45) is 4.75. The van der Waals surface area contributed by atoms with Crippen LogP contribution in [-0.2, 0) is 11.2 Å². The van der Waals surface area contributed by atoms with Gasteiger partial charge in [0.2, 0.25) is 0 Å². The topological polar surface area (TPSA) is 92.8 Å². The van der Waals surface area contributed by atoms with Crippen LogP contribution in [0.3, 0.4) is 0 Å². The maximum Gasteiger partial charge on any atom is 0.341 e. The maximum absolute atomic E-state index is 11.5. The molecule has 0 amide bonds. The van der Waals surface area contributed by atoms with Crippen molar-refractivity contribution in [2.45, 2.75) is 12.8 Å². The lowest BCUT2D eigenvalue weighted by Gasteiger charge is -2.08. The van der Waals surface area contributed by atoms with Gasteiger partial charge in [-0.25, -0.2) is 14.8 Å². The lowest BCUT2D eigenvalue weighted by atomic mass is 10.2. The van der Waals surface area contributed by atoms with Crippen LogP contribution in [0.2, 0.25) is 0 Å². The van der Waals surface area contributed by atoms with Crippen molar-refractivity contribution in [3.05, 3.63) is 36.0 Å². The van der Waals surface area contributed by atoms with Gasteiger partial charge in [-0.15, -0.1) is 0 Å². The number of pyridine rings is 1. The molecule has 2 aromatic heterocycles. The second kappa shape index (κ2) is 6.48. The van der Waals surface area contributed by atoms with E-state index < -0.39 is 5.97 Å². The van der Waals surface area contributed by atoms with Crippen molar-refractivity contribution in [3.8, 4) is 0 Å². The zero-order valence-electron chi connectivity index (χ0n) is 10.6. The minimum absolute atomic E-state index is 0.397. The van der Waals surface area contributed by atoms with Crippen LogP contribution in [0.5, 0.6) is 0 Å². The van der Waals surface area contributed by atoms with Crippen LogP contribution < -0.4 is 5.32 Å². The molecule has 2 heterocycles. The molecule has 0 spiro atoms. The summed E-state index contributed by atoms with van der Waals surface area (Å²) in [7, 11) is 1.35. The molecule has 0 atom stereocenters. The van der Waals surface area contributed by atoms with E-state index >= 15 is 0 Å². The Kier molecular flexibility index (Phi) is 4.44. The van der Waals surface area contributed by atoms with Crippen molar-refractivity contribution < 1.29 is 9.53 Å². The van der Waals surface area contributed by atoms with Crippen LogP contribution in [-0.4, -0.2) is 39.8 Å². The molecule has 0 radical (unpaired) electrons. The molecule has 2 aromatic rings. The fourth-order valence-corrected chi connectivity index (χ4v) is 1.63. The first-order valence-electron chi connectivity index (χ1n) is 5.92. The summed E-state index contributed by atoms with van der Waals surface area (Å²) >= 11 is 0. The van der Waals surface area contributed by atoms with E-state index in [1.807, 2.05) is 0 Å². The van der Waals surface area contributed by atoms with Crippen LogP contribution in [0.25, 0.3) is 0 Å². The molecule has 0 fully saturated rings. The third-order valence-corrected chi connectivity index (χ3v) is 2.56. The number of aromatic nitrogens is 4. The standard InChI is InChI=1S/C12H15N5O2/c1-19-12(18)9-4-2-6-13-11(9)14-7-3-5-10-15-8-16-17-10/h2,4,6,8H,3,5,7H2,1H3,(H,13,14)(H,15,16,17). The largest absolute Gasteiger partial charge is 0.465 e. The number of carbonyl (C=O) groups is 1. The first kappa shape index (κ1) is 13.0. The number of nitrogens with one attached hydrogen (secondary N) is 2. The van der Waals surface area contributed by atoms with Gasteiger partial charge in [-0.1, -0.05) is 0 Å². The van der Waals surface area contributed by atoms with Crippen LogP contribution >= 0.6 is 0 Å². The highest BCUT2D eigenvalue weighted by atomic mass is 16.5. The van der Waals surface area contributed by atoms with Crippen molar-refractivity contribution in [1.29, 1.82) is 0 Å². The van der Waals surface area contributed by atoms with Crippen molar-refractivity contribution in [2.24, 2.45) is 0 Å². The Hall–Kier alpha value is -2.44. The Balaban J connectivity index is 1.87. The molecule has 0 bridgehead atoms. The van der Waals surface area contributed by atoms with Crippen LogP contribution in [0.15, 0.2) is 24.7 Å². The summed E-state index contributed by atoms with van der Waals surface area (Å²) in [6.45, 7) is 0.682. The third kappa shape index (κ3) is 3.51. The zero-order valence-corrected chi connectivity index (χ0v) is 10.6. The number of H-pyrrole nitrogens is 1. The summed E-state index contributed by atoms with van der Waals surface area (Å²) in [6, 6.07) is 3.38. The molecule has 0 aliphatic rings. The highest BCUT2D eigenvalue weighted by Gasteiger charge is 2.11. The predicted octanol–water partition coefficient (Wildman–Crippen LogP) is 1.03. The Morgan fingerprint density at radius 3 is 3.11 bits per heavy atom. The van der Waals surface area contributed by atoms with E-state index in [0.717, 1.165) is 18.7 Å². The van der Waals surface area contributed by atoms with E-state index in [1.54, 1.807) is 18.3 Å². The van der Waals surface area contributed by atoms with Gasteiger partial charge in [0.15, 0.2) is 0 Å². The average molecular weight is 261 g/mol. The van der Waals surface area contributed by atoms with Crippen molar-refractivity contribution in [2.75, 3.05) is 19.0 Å². The fraction of sp³-hybridized carbons (Fsp3) is 0.333. The predicted molar refractivity (Wildman–Crippen MR) is 68.8 cm³/mol. The van der Waals surface area contributed by atoms with Gasteiger partial charge in [-0.3, -0.25) is 5.10 Å². The Labute approximate surface area is 110 Å². The maximum atomic E-state index is 11.5. The minimum atomic E-state index is -0.397. The quantitative estimate of drug-likeness (QED) is 0.596. The molecule has 100 valence electrons. The van der Waals surface area contributed by atoms with E-state index in [4.69, 9.17) is 4.74 Å². The summed E-state index contributed by atoms with van der Waals surface area (Å²) < 4.78 is 4.70. The molecule has 2 N–H and O–H groups in total. The van der Waals surface area contributed by atoms with Gasteiger partial charge in [-0.05, 0) is 18.6 Å². The van der Waals surface area contributed by atoms with E-state index in [2.05, 4.69) is 25.5 Å². The first-order valence-corrected chi connectivity index (χ1v) is 5.92. The second-order valence-electron chi connectivity index (χ2n) is 3.85. The summed E-state index contributed by atoms with van der Waals surface area (Å²) in [5.74, 6) is 0.980. The molecule has 0 aliphatic carbocycles. The molecule has 7 nitrogen and oxygen atoms in total. The number of aryl methyl sites for hydroxylation is 1. The number of esters is 1. The number of ether oxygens (including phenoxy) is 1. The van der Waals surface area contributed by atoms with Gasteiger partial charge in [0.25, 0.3) is 0 Å². The lowest BCUT2D eigenvalue weighted by Crippen LogP contribution is -2.11. The molecule has 0 unspecified atom stereocenters. The van der Waals surface area contributed by atoms with E-state index in [9.17, 15) is 4.79 Å². The molecule has 7 heteroatoms. The van der Waals surface area contributed by atoms with Gasteiger partial charge in [0.1, 0.15) is 23.5 Å². The van der Waals surface area contributed by atoms with E-state index in [1.165, 1.54) is 13.4 Å². The second-order valence-corrected chi connectivity index (χ2v) is 3.85. The van der Waals surface area contributed by atoms with Crippen LogP contribution in [0.1, 0.15) is 22.6 Å². The summed E-state index contributed by atoms with van der Waals surface area (Å²) in [5.41, 5.74) is 0.435. The number of methoxy groups -OCH3 is 1. The van der Waals surface area contributed by atoms with Crippen LogP contribution in [0.4, 0.5) is 5.82 Å². The molecule has 0 saturated heterocycles. The Morgan fingerprint density at radius 1 is 1.47 bits per heavy atom. The highest BCUT2D eigenvalue weighted by molar-refractivity contribution is 5.94. The first-order chi connectivity index (χ1) is 9.31. The molecular weight excluding hydrogens is 246 g/mol. The van der Waals surface area contributed by atoms with E-state index in [0.29, 0.717) is 17.9 Å². The molecule has 19 heavy (non-hydrogen) atoms. The number of aromatic amines is 1. The molecule has 0 aromatic carbocycles. The molecule has 2 rings (SSSR count). The lowest BCUT2D eigenvalue weighted by molar-refractivity contribution is 0.0601. The number of nitrogens with zero attached hydrogens (tertiary/aromatic N) is 3. The molecule has 0 saturated carbocycles. The van der Waals surface area contributed by atoms with Crippen molar-refractivity contribution in [1.82, 2.24) is 20.2 Å². The smallest absolute Gasteiger partial charge is 0.341 e. The van der Waals surface area contributed by atoms with Crippen molar-refractivity contribution in [3.63, 3.8) is 0 Å². The Morgan fingerprint density at radius 2 is 2.37 bits per heavy atom. The normalized spacial score (nSPS) is 10.2. The third-order valence-electron chi connectivity index (χ3n) is 2.56. The molecule has 0 aliphatic heterocycles. The number of carbonyl (C=O) groups excluding carboxylic acids is 1. The zero-order chi connectivity index (χ0) is 13.5. The summed E-state index contributed by atoms with van der Waals surface area (Å²) in [4.78, 5) is 19.7. The molecular formula is C12H15N5O2. The van der Waals surface area contributed by atoms with Gasteiger partial charge in [-0.2, -0.15) is 5.10 Å². The summed E-state index contributed by atoms with van der Waals surface area (Å²) in [5, 5.41) is 9.69. The number of anilines is 1. The van der Waals surface area contributed by atoms with Crippen molar-refractivity contribution >= 4 is 11.8 Å². The number of hydrogen-bond donors (Lipinski definition) is 2. The van der Waals surface area contributed by atoms with Gasteiger partial charge < -0.3 is 10.1 Å². The highest BCUT2D eigenvalue weighted by Crippen LogP contribution is 2.12. The number of hydrogen-bond acceptors (Lipinski definition) is 6. The fourth-order valence-electron chi connectivity index (χ4n) is 1.63.